The molecule has 0 radical (unpaired) electrons. The standard InChI is InChI=1S/C33H32ClN3O3/c1-23-29(12-7-13-30(23)27-10-4-3-5-11-27)22-39-31-15-14-28(20-36-16-17-37-24(2)38)33(32(31)34)40-21-26-9-6-8-25(18-26)19-35/h3-15,18,36H,16-17,20-22H2,1-2H3,(H,37,38). The summed E-state index contributed by atoms with van der Waals surface area (Å²) in [5.41, 5.74) is 6.83. The molecule has 0 saturated heterocycles. The number of nitrogens with zero attached hydrogens (tertiary/aromatic N) is 1. The van der Waals surface area contributed by atoms with Crippen molar-refractivity contribution in [1.29, 1.82) is 5.26 Å². The number of ether oxygens (including phenoxy) is 2. The van der Waals surface area contributed by atoms with Crippen LogP contribution in [0.5, 0.6) is 11.5 Å². The summed E-state index contributed by atoms with van der Waals surface area (Å²) in [6.45, 7) is 5.79. The zero-order valence-corrected chi connectivity index (χ0v) is 23.4. The minimum absolute atomic E-state index is 0.0699. The molecule has 4 rings (SSSR count). The molecule has 0 aromatic heterocycles. The first-order valence-electron chi connectivity index (χ1n) is 13.1. The Kier molecular flexibility index (Phi) is 10.2. The van der Waals surface area contributed by atoms with Gasteiger partial charge in [0.1, 0.15) is 29.7 Å². The van der Waals surface area contributed by atoms with Gasteiger partial charge >= 0.3 is 0 Å². The summed E-state index contributed by atoms with van der Waals surface area (Å²) in [4.78, 5) is 11.1. The van der Waals surface area contributed by atoms with E-state index >= 15 is 0 Å². The molecule has 2 N–H and O–H groups in total. The lowest BCUT2D eigenvalue weighted by Crippen LogP contribution is -2.30. The summed E-state index contributed by atoms with van der Waals surface area (Å²) < 4.78 is 12.4. The third-order valence-electron chi connectivity index (χ3n) is 6.49. The Bertz CT molecular complexity index is 1500. The third kappa shape index (κ3) is 7.63. The second-order valence-electron chi connectivity index (χ2n) is 9.37. The van der Waals surface area contributed by atoms with Crippen LogP contribution in [0.2, 0.25) is 5.02 Å². The van der Waals surface area contributed by atoms with Crippen LogP contribution in [0.25, 0.3) is 11.1 Å². The Morgan fingerprint density at radius 2 is 1.70 bits per heavy atom. The maximum atomic E-state index is 11.1. The molecule has 0 spiro atoms. The molecule has 6 nitrogen and oxygen atoms in total. The lowest BCUT2D eigenvalue weighted by atomic mass is 9.97. The molecule has 7 heteroatoms. The Labute approximate surface area is 240 Å². The summed E-state index contributed by atoms with van der Waals surface area (Å²) in [6.07, 6.45) is 0. The first kappa shape index (κ1) is 28.7. The summed E-state index contributed by atoms with van der Waals surface area (Å²) in [6, 6.07) is 29.7. The molecule has 0 aliphatic heterocycles. The molecule has 0 unspecified atom stereocenters. The SMILES string of the molecule is CC(=O)NCCNCc1ccc(OCc2cccc(-c3ccccc3)c2C)c(Cl)c1OCc1cccc(C#N)c1. The highest BCUT2D eigenvalue weighted by Crippen LogP contribution is 2.38. The molecule has 0 heterocycles. The van der Waals surface area contributed by atoms with Crippen LogP contribution in [0.4, 0.5) is 0 Å². The maximum Gasteiger partial charge on any atom is 0.216 e. The quantitative estimate of drug-likeness (QED) is 0.194. The van der Waals surface area contributed by atoms with Crippen LogP contribution in [-0.4, -0.2) is 19.0 Å². The Balaban J connectivity index is 1.53. The lowest BCUT2D eigenvalue weighted by Gasteiger charge is -2.18. The van der Waals surface area contributed by atoms with Crippen LogP contribution >= 0.6 is 11.6 Å². The molecule has 4 aromatic rings. The van der Waals surface area contributed by atoms with Gasteiger partial charge in [0.25, 0.3) is 0 Å². The highest BCUT2D eigenvalue weighted by atomic mass is 35.5. The van der Waals surface area contributed by atoms with Crippen LogP contribution < -0.4 is 20.1 Å². The number of carbonyl (C=O) groups is 1. The first-order chi connectivity index (χ1) is 19.5. The van der Waals surface area contributed by atoms with Gasteiger partial charge in [0.05, 0.1) is 11.6 Å². The lowest BCUT2D eigenvalue weighted by molar-refractivity contribution is -0.118. The van der Waals surface area contributed by atoms with Crippen molar-refractivity contribution >= 4 is 17.5 Å². The normalized spacial score (nSPS) is 10.6. The van der Waals surface area contributed by atoms with E-state index in [1.54, 1.807) is 12.1 Å². The minimum Gasteiger partial charge on any atom is -0.487 e. The van der Waals surface area contributed by atoms with E-state index < -0.39 is 0 Å². The predicted molar refractivity (Wildman–Crippen MR) is 158 cm³/mol. The monoisotopic (exact) mass is 553 g/mol. The zero-order chi connectivity index (χ0) is 28.3. The largest absolute Gasteiger partial charge is 0.487 e. The van der Waals surface area contributed by atoms with E-state index in [1.165, 1.54) is 6.92 Å². The van der Waals surface area contributed by atoms with Gasteiger partial charge in [-0.1, -0.05) is 78.3 Å². The number of hydrogen-bond donors (Lipinski definition) is 2. The van der Waals surface area contributed by atoms with Gasteiger partial charge in [0.2, 0.25) is 5.91 Å². The van der Waals surface area contributed by atoms with Crippen molar-refractivity contribution in [1.82, 2.24) is 10.6 Å². The molecule has 1 amide bonds. The molecule has 0 aliphatic rings. The van der Waals surface area contributed by atoms with Crippen LogP contribution in [0, 0.1) is 18.3 Å². The maximum absolute atomic E-state index is 11.1. The van der Waals surface area contributed by atoms with Crippen molar-refractivity contribution < 1.29 is 14.3 Å². The Hall–Kier alpha value is -4.31. The van der Waals surface area contributed by atoms with Gasteiger partial charge in [-0.05, 0) is 52.9 Å². The molecule has 40 heavy (non-hydrogen) atoms. The Morgan fingerprint density at radius 3 is 2.48 bits per heavy atom. The van der Waals surface area contributed by atoms with Gasteiger partial charge in [-0.2, -0.15) is 5.26 Å². The van der Waals surface area contributed by atoms with E-state index in [4.69, 9.17) is 21.1 Å². The third-order valence-corrected chi connectivity index (χ3v) is 6.85. The molecule has 0 bridgehead atoms. The molecular weight excluding hydrogens is 522 g/mol. The molecule has 0 aliphatic carbocycles. The number of rotatable bonds is 12. The molecule has 0 fully saturated rings. The number of benzene rings is 4. The number of carbonyl (C=O) groups excluding carboxylic acids is 1. The zero-order valence-electron chi connectivity index (χ0n) is 22.7. The van der Waals surface area contributed by atoms with Crippen LogP contribution in [0.3, 0.4) is 0 Å². The number of nitrogens with one attached hydrogen (secondary N) is 2. The van der Waals surface area contributed by atoms with Gasteiger partial charge in [0.15, 0.2) is 0 Å². The summed E-state index contributed by atoms with van der Waals surface area (Å²) >= 11 is 6.87. The van der Waals surface area contributed by atoms with Crippen molar-refractivity contribution in [2.75, 3.05) is 13.1 Å². The first-order valence-corrected chi connectivity index (χ1v) is 13.5. The van der Waals surface area contributed by atoms with Crippen LogP contribution in [0.1, 0.15) is 34.7 Å². The highest BCUT2D eigenvalue weighted by molar-refractivity contribution is 6.33. The number of amides is 1. The average Bonchev–Trinajstić information content (AvgIpc) is 2.97. The van der Waals surface area contributed by atoms with Gasteiger partial charge in [-0.3, -0.25) is 4.79 Å². The van der Waals surface area contributed by atoms with Gasteiger partial charge in [-0.15, -0.1) is 0 Å². The number of nitriles is 1. The van der Waals surface area contributed by atoms with Crippen molar-refractivity contribution in [3.8, 4) is 28.7 Å². The minimum atomic E-state index is -0.0699. The smallest absolute Gasteiger partial charge is 0.216 e. The average molecular weight is 554 g/mol. The second-order valence-corrected chi connectivity index (χ2v) is 9.75. The van der Waals surface area contributed by atoms with E-state index in [0.29, 0.717) is 48.3 Å². The molecule has 4 aromatic carbocycles. The summed E-state index contributed by atoms with van der Waals surface area (Å²) in [5.74, 6) is 0.969. The second kappa shape index (κ2) is 14.2. The van der Waals surface area contributed by atoms with Crippen molar-refractivity contribution in [2.24, 2.45) is 0 Å². The molecule has 0 atom stereocenters. The predicted octanol–water partition coefficient (Wildman–Crippen LogP) is 6.57. The van der Waals surface area contributed by atoms with E-state index in [2.05, 4.69) is 47.9 Å². The van der Waals surface area contributed by atoms with Gasteiger partial charge in [-0.25, -0.2) is 0 Å². The van der Waals surface area contributed by atoms with Crippen LogP contribution in [0.15, 0.2) is 84.9 Å². The van der Waals surface area contributed by atoms with E-state index in [-0.39, 0.29) is 12.5 Å². The van der Waals surface area contributed by atoms with E-state index in [9.17, 15) is 10.1 Å². The fraction of sp³-hybridized carbons (Fsp3) is 0.212. The fourth-order valence-corrected chi connectivity index (χ4v) is 4.64. The molecule has 204 valence electrons. The van der Waals surface area contributed by atoms with Crippen molar-refractivity contribution in [3.05, 3.63) is 118 Å². The van der Waals surface area contributed by atoms with Gasteiger partial charge in [0, 0.05) is 32.1 Å². The van der Waals surface area contributed by atoms with Crippen LogP contribution in [-0.2, 0) is 24.6 Å². The highest BCUT2D eigenvalue weighted by Gasteiger charge is 2.16. The fourth-order valence-electron chi connectivity index (χ4n) is 4.35. The van der Waals surface area contributed by atoms with Crippen molar-refractivity contribution in [2.45, 2.75) is 33.6 Å². The van der Waals surface area contributed by atoms with Crippen molar-refractivity contribution in [3.63, 3.8) is 0 Å². The number of hydrogen-bond acceptors (Lipinski definition) is 5. The molecule has 0 saturated carbocycles. The van der Waals surface area contributed by atoms with E-state index in [0.717, 1.165) is 33.4 Å². The number of halogens is 1. The Morgan fingerprint density at radius 1 is 0.900 bits per heavy atom. The summed E-state index contributed by atoms with van der Waals surface area (Å²) in [5, 5.41) is 15.7. The molecular formula is C33H32ClN3O3. The van der Waals surface area contributed by atoms with E-state index in [1.807, 2.05) is 48.5 Å². The summed E-state index contributed by atoms with van der Waals surface area (Å²) in [7, 11) is 0. The van der Waals surface area contributed by atoms with Gasteiger partial charge < -0.3 is 20.1 Å². The topological polar surface area (TPSA) is 83.4 Å².